The van der Waals surface area contributed by atoms with Gasteiger partial charge in [0.1, 0.15) is 11.4 Å². The number of hydrogen-bond donors (Lipinski definition) is 1. The number of ketones is 1. The van der Waals surface area contributed by atoms with Crippen molar-refractivity contribution >= 4 is 17.3 Å². The summed E-state index contributed by atoms with van der Waals surface area (Å²) in [5.74, 6) is -0.202. The van der Waals surface area contributed by atoms with Crippen molar-refractivity contribution in [3.05, 3.63) is 81.5 Å². The van der Waals surface area contributed by atoms with Gasteiger partial charge in [0.25, 0.3) is 5.56 Å². The normalized spacial score (nSPS) is 10.5. The lowest BCUT2D eigenvalue weighted by Gasteiger charge is -2.02. The van der Waals surface area contributed by atoms with Crippen LogP contribution in [0, 0.1) is 0 Å². The molecule has 5 heteroatoms. The Hall–Kier alpha value is -2.66. The summed E-state index contributed by atoms with van der Waals surface area (Å²) >= 11 is 1.02. The zero-order chi connectivity index (χ0) is 14.8. The highest BCUT2D eigenvalue weighted by atomic mass is 32.1. The lowest BCUT2D eigenvalue weighted by atomic mass is 10.1. The van der Waals surface area contributed by atoms with Crippen molar-refractivity contribution in [3.8, 4) is 11.4 Å². The lowest BCUT2D eigenvalue weighted by molar-refractivity contribution is 0.104. The second kappa shape index (κ2) is 5.38. The van der Waals surface area contributed by atoms with Gasteiger partial charge in [-0.15, -0.1) is 0 Å². The van der Waals surface area contributed by atoms with Gasteiger partial charge in [0.2, 0.25) is 5.78 Å². The first-order valence-corrected chi connectivity index (χ1v) is 7.05. The van der Waals surface area contributed by atoms with Crippen molar-refractivity contribution in [1.82, 2.24) is 3.96 Å². The van der Waals surface area contributed by atoms with Gasteiger partial charge in [-0.3, -0.25) is 9.59 Å². The van der Waals surface area contributed by atoms with E-state index < -0.39 is 0 Å². The Kier molecular flexibility index (Phi) is 3.41. The average molecular weight is 297 g/mol. The monoisotopic (exact) mass is 297 g/mol. The Morgan fingerprint density at radius 2 is 1.67 bits per heavy atom. The molecule has 0 atom stereocenters. The Morgan fingerprint density at radius 1 is 1.00 bits per heavy atom. The predicted octanol–water partition coefficient (Wildman–Crippen LogP) is 2.84. The van der Waals surface area contributed by atoms with Crippen molar-refractivity contribution in [2.24, 2.45) is 0 Å². The fraction of sp³-hybridized carbons (Fsp3) is 0. The number of hydrogen-bond acceptors (Lipinski definition) is 4. The predicted molar refractivity (Wildman–Crippen MR) is 81.5 cm³/mol. The summed E-state index contributed by atoms with van der Waals surface area (Å²) in [6.45, 7) is 0. The molecule has 0 amide bonds. The number of carbonyl (C=O) groups excluding carboxylic acids is 1. The van der Waals surface area contributed by atoms with E-state index in [1.807, 2.05) is 6.07 Å². The molecule has 0 unspecified atom stereocenters. The van der Waals surface area contributed by atoms with Crippen molar-refractivity contribution in [3.63, 3.8) is 0 Å². The summed E-state index contributed by atoms with van der Waals surface area (Å²) in [7, 11) is 0. The second-order valence-electron chi connectivity index (χ2n) is 4.42. The van der Waals surface area contributed by atoms with Gasteiger partial charge in [0, 0.05) is 11.6 Å². The van der Waals surface area contributed by atoms with Gasteiger partial charge in [0.15, 0.2) is 0 Å². The van der Waals surface area contributed by atoms with Crippen LogP contribution >= 0.6 is 11.5 Å². The summed E-state index contributed by atoms with van der Waals surface area (Å²) in [6, 6.07) is 16.6. The minimum atomic E-state index is -0.333. The summed E-state index contributed by atoms with van der Waals surface area (Å²) < 4.78 is 1.31. The van der Waals surface area contributed by atoms with Crippen molar-refractivity contribution < 1.29 is 9.90 Å². The van der Waals surface area contributed by atoms with Crippen LogP contribution in [0.5, 0.6) is 5.75 Å². The molecule has 1 N–H and O–H groups in total. The molecule has 0 bridgehead atoms. The van der Waals surface area contributed by atoms with Crippen molar-refractivity contribution in [2.75, 3.05) is 0 Å². The summed E-state index contributed by atoms with van der Waals surface area (Å²) in [5, 5.41) is 9.82. The molecule has 0 aliphatic rings. The molecule has 21 heavy (non-hydrogen) atoms. The van der Waals surface area contributed by atoms with Gasteiger partial charge in [-0.25, -0.2) is 3.96 Å². The number of phenolic OH excluding ortho intramolecular Hbond substituents is 1. The summed E-state index contributed by atoms with van der Waals surface area (Å²) in [4.78, 5) is 24.7. The van der Waals surface area contributed by atoms with Crippen LogP contribution in [0.3, 0.4) is 0 Å². The zero-order valence-corrected chi connectivity index (χ0v) is 11.7. The number of carbonyl (C=O) groups is 1. The van der Waals surface area contributed by atoms with Gasteiger partial charge in [-0.05, 0) is 23.7 Å². The number of benzene rings is 2. The third-order valence-electron chi connectivity index (χ3n) is 3.00. The summed E-state index contributed by atoms with van der Waals surface area (Å²) in [5.41, 5.74) is 0.573. The van der Waals surface area contributed by atoms with Gasteiger partial charge < -0.3 is 5.11 Å². The molecule has 0 fully saturated rings. The third kappa shape index (κ3) is 2.51. The first kappa shape index (κ1) is 13.3. The van der Waals surface area contributed by atoms with E-state index in [2.05, 4.69) is 0 Å². The first-order chi connectivity index (χ1) is 10.2. The van der Waals surface area contributed by atoms with E-state index >= 15 is 0 Å². The topological polar surface area (TPSA) is 59.3 Å². The molecule has 0 spiro atoms. The fourth-order valence-corrected chi connectivity index (χ4v) is 2.93. The molecule has 0 saturated heterocycles. The highest BCUT2D eigenvalue weighted by molar-refractivity contribution is 7.09. The molecule has 4 nitrogen and oxygen atoms in total. The average Bonchev–Trinajstić information content (AvgIpc) is 2.90. The van der Waals surface area contributed by atoms with Crippen LogP contribution in [0.1, 0.15) is 15.2 Å². The number of para-hydroxylation sites is 2. The van der Waals surface area contributed by atoms with Crippen LogP contribution in [0.15, 0.2) is 65.5 Å². The Balaban J connectivity index is 2.05. The van der Waals surface area contributed by atoms with Crippen LogP contribution < -0.4 is 5.56 Å². The molecule has 0 saturated carbocycles. The van der Waals surface area contributed by atoms with E-state index in [9.17, 15) is 14.7 Å². The third-order valence-corrected chi connectivity index (χ3v) is 4.06. The first-order valence-electron chi connectivity index (χ1n) is 6.28. The number of rotatable bonds is 3. The highest BCUT2D eigenvalue weighted by Crippen LogP contribution is 2.23. The van der Waals surface area contributed by atoms with E-state index in [-0.39, 0.29) is 17.1 Å². The van der Waals surface area contributed by atoms with E-state index in [0.29, 0.717) is 16.1 Å². The maximum absolute atomic E-state index is 12.3. The van der Waals surface area contributed by atoms with E-state index in [1.165, 1.54) is 16.1 Å². The Bertz CT molecular complexity index is 849. The van der Waals surface area contributed by atoms with E-state index in [0.717, 1.165) is 11.5 Å². The standard InChI is InChI=1S/C16H11NO3S/c18-13-9-5-4-8-12(13)17-15(19)10-14(21-17)16(20)11-6-2-1-3-7-11/h1-10,18H. The van der Waals surface area contributed by atoms with Crippen molar-refractivity contribution in [2.45, 2.75) is 0 Å². The molecule has 3 aromatic rings. The molecular weight excluding hydrogens is 286 g/mol. The van der Waals surface area contributed by atoms with Gasteiger partial charge in [-0.1, -0.05) is 42.5 Å². The number of phenols is 1. The second-order valence-corrected chi connectivity index (χ2v) is 5.40. The maximum Gasteiger partial charge on any atom is 0.266 e. The molecule has 3 rings (SSSR count). The minimum absolute atomic E-state index is 0.000148. The Labute approximate surface area is 124 Å². The maximum atomic E-state index is 12.3. The Morgan fingerprint density at radius 3 is 2.38 bits per heavy atom. The molecule has 104 valence electrons. The van der Waals surface area contributed by atoms with Gasteiger partial charge >= 0.3 is 0 Å². The smallest absolute Gasteiger partial charge is 0.266 e. The van der Waals surface area contributed by atoms with Crippen LogP contribution in [0.4, 0.5) is 0 Å². The molecule has 1 heterocycles. The fourth-order valence-electron chi connectivity index (χ4n) is 1.98. The largest absolute Gasteiger partial charge is 0.506 e. The van der Waals surface area contributed by atoms with Crippen molar-refractivity contribution in [1.29, 1.82) is 0 Å². The SMILES string of the molecule is O=C(c1ccccc1)c1cc(=O)n(-c2ccccc2O)s1. The molecular formula is C16H11NO3S. The molecule has 0 radical (unpaired) electrons. The summed E-state index contributed by atoms with van der Waals surface area (Å²) in [6.07, 6.45) is 0. The van der Waals surface area contributed by atoms with Gasteiger partial charge in [0.05, 0.1) is 4.88 Å². The molecule has 2 aromatic carbocycles. The molecule has 0 aliphatic carbocycles. The highest BCUT2D eigenvalue weighted by Gasteiger charge is 2.16. The van der Waals surface area contributed by atoms with Crippen LogP contribution in [-0.4, -0.2) is 14.8 Å². The number of aromatic nitrogens is 1. The quantitative estimate of drug-likeness (QED) is 0.756. The molecule has 1 aromatic heterocycles. The molecule has 0 aliphatic heterocycles. The van der Waals surface area contributed by atoms with E-state index in [1.54, 1.807) is 42.5 Å². The van der Waals surface area contributed by atoms with Crippen LogP contribution in [0.2, 0.25) is 0 Å². The number of nitrogens with zero attached hydrogens (tertiary/aromatic N) is 1. The van der Waals surface area contributed by atoms with Gasteiger partial charge in [-0.2, -0.15) is 0 Å². The zero-order valence-electron chi connectivity index (χ0n) is 10.9. The number of aromatic hydroxyl groups is 1. The minimum Gasteiger partial charge on any atom is -0.506 e. The van der Waals surface area contributed by atoms with Crippen LogP contribution in [-0.2, 0) is 0 Å². The van der Waals surface area contributed by atoms with E-state index in [4.69, 9.17) is 0 Å². The lowest BCUT2D eigenvalue weighted by Crippen LogP contribution is -2.09. The van der Waals surface area contributed by atoms with Crippen LogP contribution in [0.25, 0.3) is 5.69 Å².